The number of carbonyl (C=O) groups is 2. The lowest BCUT2D eigenvalue weighted by Gasteiger charge is -2.20. The second kappa shape index (κ2) is 78.5. The number of rotatable bonds is 77. The minimum absolute atomic E-state index is 0.0153. The molecule has 526 valence electrons. The molecule has 2 atom stereocenters. The van der Waals surface area contributed by atoms with E-state index in [9.17, 15) is 19.8 Å². The Balaban J connectivity index is 3.33. The summed E-state index contributed by atoms with van der Waals surface area (Å²) in [5.41, 5.74) is 0. The fourth-order valence-corrected chi connectivity index (χ4v) is 13.0. The Morgan fingerprint density at radius 3 is 0.876 bits per heavy atom. The maximum atomic E-state index is 12.5. The summed E-state index contributed by atoms with van der Waals surface area (Å²) in [6, 6.07) is -0.625. The molecule has 1 amide bonds. The summed E-state index contributed by atoms with van der Waals surface area (Å²) in [4.78, 5) is 24.6. The van der Waals surface area contributed by atoms with Crippen molar-refractivity contribution in [1.82, 2.24) is 5.32 Å². The number of carbonyl (C=O) groups excluding carboxylic acids is 2. The van der Waals surface area contributed by atoms with E-state index in [-0.39, 0.29) is 18.5 Å². The van der Waals surface area contributed by atoms with E-state index in [0.717, 1.165) is 51.4 Å². The zero-order valence-electron chi connectivity index (χ0n) is 60.4. The van der Waals surface area contributed by atoms with Crippen molar-refractivity contribution in [2.24, 2.45) is 0 Å². The van der Waals surface area contributed by atoms with Gasteiger partial charge in [-0.3, -0.25) is 9.59 Å². The average Bonchev–Trinajstić information content (AvgIpc) is 3.57. The number of hydrogen-bond donors (Lipinski definition) is 3. The summed E-state index contributed by atoms with van der Waals surface area (Å²) < 4.78 is 5.51. The Morgan fingerprint density at radius 2 is 0.562 bits per heavy atom. The van der Waals surface area contributed by atoms with Gasteiger partial charge in [0.15, 0.2) is 0 Å². The topological polar surface area (TPSA) is 95.9 Å². The molecule has 0 aromatic rings. The Labute approximate surface area is 557 Å². The van der Waals surface area contributed by atoms with Crippen molar-refractivity contribution in [3.63, 3.8) is 0 Å². The molecule has 0 spiro atoms. The van der Waals surface area contributed by atoms with E-state index in [1.54, 1.807) is 6.08 Å². The van der Waals surface area contributed by atoms with Gasteiger partial charge in [0, 0.05) is 12.8 Å². The van der Waals surface area contributed by atoms with Gasteiger partial charge in [-0.25, -0.2) is 0 Å². The van der Waals surface area contributed by atoms with Gasteiger partial charge in [-0.1, -0.05) is 416 Å². The van der Waals surface area contributed by atoms with Gasteiger partial charge in [-0.2, -0.15) is 0 Å². The predicted octanol–water partition coefficient (Wildman–Crippen LogP) is 27.0. The number of esters is 1. The van der Waals surface area contributed by atoms with E-state index in [4.69, 9.17) is 4.74 Å². The van der Waals surface area contributed by atoms with E-state index in [0.29, 0.717) is 19.4 Å². The lowest BCUT2D eigenvalue weighted by Crippen LogP contribution is -2.45. The monoisotopic (exact) mass is 1250 g/mol. The Bertz CT molecular complexity index is 1440. The third-order valence-electron chi connectivity index (χ3n) is 19.2. The number of ether oxygens (including phenoxy) is 1. The van der Waals surface area contributed by atoms with Crippen LogP contribution in [-0.4, -0.2) is 47.4 Å². The average molecular weight is 1250 g/mol. The first kappa shape index (κ1) is 87.1. The number of unbranched alkanes of at least 4 members (excludes halogenated alkanes) is 62. The van der Waals surface area contributed by atoms with Crippen LogP contribution in [0.15, 0.2) is 36.5 Å². The van der Waals surface area contributed by atoms with Crippen molar-refractivity contribution in [2.45, 2.75) is 469 Å². The molecular weight excluding hydrogens is 1090 g/mol. The maximum Gasteiger partial charge on any atom is 0.305 e. The smallest absolute Gasteiger partial charge is 0.305 e. The van der Waals surface area contributed by atoms with Crippen molar-refractivity contribution in [3.05, 3.63) is 36.5 Å². The van der Waals surface area contributed by atoms with E-state index < -0.39 is 12.1 Å². The first-order valence-corrected chi connectivity index (χ1v) is 40.8. The number of aliphatic hydroxyl groups is 2. The Kier molecular flexibility index (Phi) is 76.8. The van der Waals surface area contributed by atoms with Crippen molar-refractivity contribution in [1.29, 1.82) is 0 Å². The SMILES string of the molecule is CCCCC/C=C\C/C=C\CCCCCCCCCC(=O)OCCCCCCCCCCCCCCCCCCCCCCCCCCCCCCCCCCCCCC(=O)NC(CO)C(O)/C=C/CCCCCCCCCCCCCCCCCCCC. The van der Waals surface area contributed by atoms with Gasteiger partial charge < -0.3 is 20.3 Å². The molecule has 2 unspecified atom stereocenters. The van der Waals surface area contributed by atoms with Crippen LogP contribution in [0.25, 0.3) is 0 Å². The molecule has 0 fully saturated rings. The minimum atomic E-state index is -0.842. The second-order valence-electron chi connectivity index (χ2n) is 28.1. The molecular formula is C83H159NO5. The van der Waals surface area contributed by atoms with E-state index in [1.807, 2.05) is 6.08 Å². The quantitative estimate of drug-likeness (QED) is 0.0320. The highest BCUT2D eigenvalue weighted by Crippen LogP contribution is 2.20. The van der Waals surface area contributed by atoms with Gasteiger partial charge in [-0.15, -0.1) is 0 Å². The molecule has 0 aliphatic rings. The first-order valence-electron chi connectivity index (χ1n) is 40.8. The normalized spacial score (nSPS) is 12.6. The van der Waals surface area contributed by atoms with Gasteiger partial charge in [0.1, 0.15) is 0 Å². The third-order valence-corrected chi connectivity index (χ3v) is 19.2. The fourth-order valence-electron chi connectivity index (χ4n) is 13.0. The third kappa shape index (κ3) is 75.0. The van der Waals surface area contributed by atoms with Crippen LogP contribution < -0.4 is 5.32 Å². The molecule has 0 aliphatic carbocycles. The van der Waals surface area contributed by atoms with Crippen LogP contribution in [0.3, 0.4) is 0 Å². The first-order chi connectivity index (χ1) is 44.0. The number of allylic oxidation sites excluding steroid dienone is 5. The van der Waals surface area contributed by atoms with Crippen LogP contribution in [0, 0.1) is 0 Å². The molecule has 0 saturated carbocycles. The van der Waals surface area contributed by atoms with Crippen molar-refractivity contribution < 1.29 is 24.5 Å². The molecule has 0 aliphatic heterocycles. The molecule has 0 rings (SSSR count). The number of hydrogen-bond acceptors (Lipinski definition) is 5. The lowest BCUT2D eigenvalue weighted by molar-refractivity contribution is -0.143. The molecule has 0 bridgehead atoms. The van der Waals surface area contributed by atoms with Gasteiger partial charge in [-0.05, 0) is 64.2 Å². The van der Waals surface area contributed by atoms with Gasteiger partial charge in [0.2, 0.25) is 5.91 Å². The molecule has 0 radical (unpaired) electrons. The highest BCUT2D eigenvalue weighted by molar-refractivity contribution is 5.76. The molecule has 6 nitrogen and oxygen atoms in total. The maximum absolute atomic E-state index is 12.5. The fraction of sp³-hybridized carbons (Fsp3) is 0.904. The molecule has 6 heteroatoms. The summed E-state index contributed by atoms with van der Waals surface area (Å²) in [6.45, 7) is 4.93. The summed E-state index contributed by atoms with van der Waals surface area (Å²) in [5.74, 6) is -0.0429. The van der Waals surface area contributed by atoms with Crippen molar-refractivity contribution in [3.8, 4) is 0 Å². The second-order valence-corrected chi connectivity index (χ2v) is 28.1. The molecule has 0 saturated heterocycles. The van der Waals surface area contributed by atoms with Crippen LogP contribution in [0.5, 0.6) is 0 Å². The van der Waals surface area contributed by atoms with Crippen molar-refractivity contribution >= 4 is 11.9 Å². The van der Waals surface area contributed by atoms with Crippen LogP contribution in [0.2, 0.25) is 0 Å². The highest BCUT2D eigenvalue weighted by atomic mass is 16.5. The van der Waals surface area contributed by atoms with E-state index in [1.165, 1.54) is 379 Å². The zero-order valence-corrected chi connectivity index (χ0v) is 60.4. The zero-order chi connectivity index (χ0) is 64.2. The van der Waals surface area contributed by atoms with Crippen molar-refractivity contribution in [2.75, 3.05) is 13.2 Å². The Morgan fingerprint density at radius 1 is 0.315 bits per heavy atom. The largest absolute Gasteiger partial charge is 0.466 e. The van der Waals surface area contributed by atoms with Crippen LogP contribution in [-0.2, 0) is 14.3 Å². The van der Waals surface area contributed by atoms with Crippen LogP contribution >= 0.6 is 0 Å². The van der Waals surface area contributed by atoms with Crippen LogP contribution in [0.1, 0.15) is 457 Å². The van der Waals surface area contributed by atoms with E-state index in [2.05, 4.69) is 43.5 Å². The standard InChI is InChI=1S/C83H159NO5/c1-3-5-7-9-11-13-15-17-19-21-22-40-44-47-51-55-59-63-67-71-75-81(86)80(79-85)84-82(87)76-72-68-64-60-56-52-48-45-41-38-36-34-32-30-28-26-24-23-25-27-29-31-33-35-37-39-42-46-50-54-58-62-66-70-74-78-89-83(88)77-73-69-65-61-57-53-49-43-20-18-16-14-12-10-8-6-4-2/h12,14,18,20,71,75,80-81,85-86H,3-11,13,15-17,19,21-70,72-74,76-79H2,1-2H3,(H,84,87)/b14-12-,20-18-,75-71+. The molecule has 0 aromatic heterocycles. The molecule has 89 heavy (non-hydrogen) atoms. The van der Waals surface area contributed by atoms with Gasteiger partial charge in [0.25, 0.3) is 0 Å². The lowest BCUT2D eigenvalue weighted by atomic mass is 10.0. The highest BCUT2D eigenvalue weighted by Gasteiger charge is 2.18. The number of aliphatic hydroxyl groups excluding tert-OH is 2. The van der Waals surface area contributed by atoms with Crippen LogP contribution in [0.4, 0.5) is 0 Å². The molecule has 0 aromatic carbocycles. The summed E-state index contributed by atoms with van der Waals surface area (Å²) in [5, 5.41) is 23.3. The summed E-state index contributed by atoms with van der Waals surface area (Å²) in [7, 11) is 0. The summed E-state index contributed by atoms with van der Waals surface area (Å²) in [6.07, 6.45) is 103. The predicted molar refractivity (Wildman–Crippen MR) is 393 cm³/mol. The molecule has 0 heterocycles. The number of amides is 1. The Hall–Kier alpha value is -1.92. The molecule has 3 N–H and O–H groups in total. The summed E-state index contributed by atoms with van der Waals surface area (Å²) >= 11 is 0. The number of nitrogens with one attached hydrogen (secondary N) is 1. The van der Waals surface area contributed by atoms with Gasteiger partial charge >= 0.3 is 5.97 Å². The minimum Gasteiger partial charge on any atom is -0.466 e. The van der Waals surface area contributed by atoms with E-state index >= 15 is 0 Å². The van der Waals surface area contributed by atoms with Gasteiger partial charge in [0.05, 0.1) is 25.4 Å².